The number of nitrogens with one attached hydrogen (secondary N) is 1. The van der Waals surface area contributed by atoms with Gasteiger partial charge in [0.15, 0.2) is 0 Å². The topological polar surface area (TPSA) is 15.3 Å². The maximum Gasteiger partial charge on any atom is 0.125 e. The van der Waals surface area contributed by atoms with Crippen molar-refractivity contribution in [1.82, 2.24) is 0 Å². The Hall–Kier alpha value is -5.86. The van der Waals surface area contributed by atoms with Crippen LogP contribution >= 0.6 is 0 Å². The lowest BCUT2D eigenvalue weighted by Gasteiger charge is -2.23. The van der Waals surface area contributed by atoms with Crippen molar-refractivity contribution < 1.29 is 0 Å². The second-order valence-electron chi connectivity index (χ2n) is 12.3. The van der Waals surface area contributed by atoms with Gasteiger partial charge < -0.3 is 10.2 Å². The van der Waals surface area contributed by atoms with Crippen molar-refractivity contribution in [2.75, 3.05) is 17.3 Å². The summed E-state index contributed by atoms with van der Waals surface area (Å²) in [6.45, 7) is 0. The molecule has 1 N–H and O–H groups in total. The highest BCUT2D eigenvalue weighted by atomic mass is 15.3. The van der Waals surface area contributed by atoms with Gasteiger partial charge in [-0.05, 0) is 95.5 Å². The van der Waals surface area contributed by atoms with Gasteiger partial charge in [-0.15, -0.1) is 0 Å². The minimum Gasteiger partial charge on any atom is -0.360 e. The molecule has 1 aliphatic heterocycles. The summed E-state index contributed by atoms with van der Waals surface area (Å²) in [5, 5.41) is 11.5. The molecule has 8 aromatic rings. The highest BCUT2D eigenvalue weighted by Gasteiger charge is 2.28. The highest BCUT2D eigenvalue weighted by Crippen LogP contribution is 2.47. The Labute approximate surface area is 269 Å². The fourth-order valence-electron chi connectivity index (χ4n) is 7.42. The van der Waals surface area contributed by atoms with E-state index in [0.717, 1.165) is 5.69 Å². The van der Waals surface area contributed by atoms with Crippen LogP contribution in [-0.4, -0.2) is 7.05 Å². The summed E-state index contributed by atoms with van der Waals surface area (Å²) in [7, 11) is 2.18. The van der Waals surface area contributed by atoms with Crippen LogP contribution in [0.3, 0.4) is 0 Å². The predicted molar refractivity (Wildman–Crippen MR) is 196 cm³/mol. The molecule has 1 heterocycles. The standard InChI is InChI=1S/C44H32N2/c1-46-41-25-24-34(28-40(41)45-44(46)35-17-11-16-32(27-35)29-12-3-2-4-13-29)43-38-20-9-7-18-36(38)42(37-19-8-10-21-39(37)43)33-23-22-30-14-5-6-15-31(30)26-33/h2-28,44-45H,1H3. The van der Waals surface area contributed by atoms with Crippen molar-refractivity contribution in [3.8, 4) is 33.4 Å². The van der Waals surface area contributed by atoms with Crippen molar-refractivity contribution in [1.29, 1.82) is 0 Å². The molecular weight excluding hydrogens is 556 g/mol. The van der Waals surface area contributed by atoms with Crippen LogP contribution in [0.4, 0.5) is 11.4 Å². The molecule has 0 aromatic heterocycles. The molecule has 8 aromatic carbocycles. The average molecular weight is 589 g/mol. The zero-order chi connectivity index (χ0) is 30.6. The number of hydrogen-bond acceptors (Lipinski definition) is 2. The maximum atomic E-state index is 3.87. The molecule has 0 radical (unpaired) electrons. The van der Waals surface area contributed by atoms with E-state index in [2.05, 4.69) is 181 Å². The highest BCUT2D eigenvalue weighted by molar-refractivity contribution is 6.22. The Kier molecular flexibility index (Phi) is 6.14. The minimum atomic E-state index is 0.0534. The summed E-state index contributed by atoms with van der Waals surface area (Å²) in [5.74, 6) is 0. The number of rotatable bonds is 4. The van der Waals surface area contributed by atoms with E-state index in [4.69, 9.17) is 0 Å². The summed E-state index contributed by atoms with van der Waals surface area (Å²) < 4.78 is 0. The monoisotopic (exact) mass is 588 g/mol. The predicted octanol–water partition coefficient (Wildman–Crippen LogP) is 11.7. The second-order valence-corrected chi connectivity index (χ2v) is 12.3. The summed E-state index contributed by atoms with van der Waals surface area (Å²) in [6, 6.07) is 59.7. The van der Waals surface area contributed by atoms with Crippen LogP contribution in [0, 0.1) is 0 Å². The van der Waals surface area contributed by atoms with Gasteiger partial charge in [-0.2, -0.15) is 0 Å². The third-order valence-corrected chi connectivity index (χ3v) is 9.62. The molecule has 0 amide bonds. The summed E-state index contributed by atoms with van der Waals surface area (Å²) in [5.41, 5.74) is 11.1. The van der Waals surface area contributed by atoms with Crippen LogP contribution in [0.1, 0.15) is 11.7 Å². The van der Waals surface area contributed by atoms with Gasteiger partial charge in [0.05, 0.1) is 11.4 Å². The van der Waals surface area contributed by atoms with Gasteiger partial charge in [0.1, 0.15) is 6.17 Å². The van der Waals surface area contributed by atoms with Crippen LogP contribution in [-0.2, 0) is 0 Å². The SMILES string of the molecule is CN1c2ccc(-c3c4ccccc4c(-c4ccc5ccccc5c4)c4ccccc34)cc2NC1c1cccc(-c2ccccc2)c1. The van der Waals surface area contributed by atoms with E-state index in [0.29, 0.717) is 0 Å². The quantitative estimate of drug-likeness (QED) is 0.206. The van der Waals surface area contributed by atoms with Crippen molar-refractivity contribution in [3.63, 3.8) is 0 Å². The molecule has 2 nitrogen and oxygen atoms in total. The first-order valence-electron chi connectivity index (χ1n) is 15.9. The molecule has 218 valence electrons. The smallest absolute Gasteiger partial charge is 0.125 e. The van der Waals surface area contributed by atoms with Crippen LogP contribution in [0.2, 0.25) is 0 Å². The Morgan fingerprint density at radius 3 is 1.70 bits per heavy atom. The number of nitrogens with zero attached hydrogens (tertiary/aromatic N) is 1. The van der Waals surface area contributed by atoms with Crippen molar-refractivity contribution >= 4 is 43.7 Å². The molecule has 0 bridgehead atoms. The first kappa shape index (κ1) is 26.5. The van der Waals surface area contributed by atoms with Gasteiger partial charge in [0.25, 0.3) is 0 Å². The molecule has 2 heteroatoms. The van der Waals surface area contributed by atoms with Crippen LogP contribution < -0.4 is 10.2 Å². The molecule has 0 fully saturated rings. The second kappa shape index (κ2) is 10.6. The first-order valence-corrected chi connectivity index (χ1v) is 15.9. The van der Waals surface area contributed by atoms with Gasteiger partial charge in [-0.25, -0.2) is 0 Å². The molecule has 0 saturated carbocycles. The van der Waals surface area contributed by atoms with Crippen molar-refractivity contribution in [3.05, 3.63) is 169 Å². The molecule has 0 spiro atoms. The van der Waals surface area contributed by atoms with Gasteiger partial charge in [-0.1, -0.05) is 140 Å². The molecule has 9 rings (SSSR count). The number of hydrogen-bond donors (Lipinski definition) is 1. The van der Waals surface area contributed by atoms with E-state index in [1.807, 2.05) is 0 Å². The van der Waals surface area contributed by atoms with E-state index in [1.54, 1.807) is 0 Å². The zero-order valence-corrected chi connectivity index (χ0v) is 25.6. The molecule has 46 heavy (non-hydrogen) atoms. The van der Waals surface area contributed by atoms with Crippen molar-refractivity contribution in [2.24, 2.45) is 0 Å². The average Bonchev–Trinajstić information content (AvgIpc) is 3.46. The van der Waals surface area contributed by atoms with E-state index < -0.39 is 0 Å². The largest absolute Gasteiger partial charge is 0.360 e. The van der Waals surface area contributed by atoms with Crippen LogP contribution in [0.15, 0.2) is 164 Å². The van der Waals surface area contributed by atoms with Gasteiger partial charge >= 0.3 is 0 Å². The molecular formula is C44H32N2. The Bertz CT molecular complexity index is 2370. The van der Waals surface area contributed by atoms with E-state index >= 15 is 0 Å². The first-order chi connectivity index (χ1) is 22.7. The molecule has 1 aliphatic rings. The van der Waals surface area contributed by atoms with E-state index in [-0.39, 0.29) is 6.17 Å². The third kappa shape index (κ3) is 4.26. The van der Waals surface area contributed by atoms with Crippen LogP contribution in [0.5, 0.6) is 0 Å². The lowest BCUT2D eigenvalue weighted by Crippen LogP contribution is -2.23. The minimum absolute atomic E-state index is 0.0534. The number of fused-ring (bicyclic) bond motifs is 4. The Balaban J connectivity index is 1.18. The number of anilines is 2. The molecule has 0 aliphatic carbocycles. The fourth-order valence-corrected chi connectivity index (χ4v) is 7.42. The van der Waals surface area contributed by atoms with Gasteiger partial charge in [0.2, 0.25) is 0 Å². The lowest BCUT2D eigenvalue weighted by molar-refractivity contribution is 0.792. The van der Waals surface area contributed by atoms with Gasteiger partial charge in [-0.3, -0.25) is 0 Å². The number of benzene rings is 8. The van der Waals surface area contributed by atoms with E-state index in [9.17, 15) is 0 Å². The van der Waals surface area contributed by atoms with E-state index in [1.165, 1.54) is 76.9 Å². The van der Waals surface area contributed by atoms with Gasteiger partial charge in [0, 0.05) is 7.05 Å². The maximum absolute atomic E-state index is 3.87. The molecule has 0 saturated heterocycles. The zero-order valence-electron chi connectivity index (χ0n) is 25.6. The lowest BCUT2D eigenvalue weighted by atomic mass is 9.85. The molecule has 1 unspecified atom stereocenters. The third-order valence-electron chi connectivity index (χ3n) is 9.62. The van der Waals surface area contributed by atoms with Crippen LogP contribution in [0.25, 0.3) is 65.7 Å². The summed E-state index contributed by atoms with van der Waals surface area (Å²) in [6.07, 6.45) is 0.0534. The Morgan fingerprint density at radius 2 is 1.00 bits per heavy atom. The molecule has 1 atom stereocenters. The normalized spacial score (nSPS) is 14.1. The fraction of sp³-hybridized carbons (Fsp3) is 0.0455. The van der Waals surface area contributed by atoms with Crippen molar-refractivity contribution in [2.45, 2.75) is 6.17 Å². The summed E-state index contributed by atoms with van der Waals surface area (Å²) >= 11 is 0. The summed E-state index contributed by atoms with van der Waals surface area (Å²) in [4.78, 5) is 2.35. The Morgan fingerprint density at radius 1 is 0.435 bits per heavy atom.